The summed E-state index contributed by atoms with van der Waals surface area (Å²) in [4.78, 5) is 0. The van der Waals surface area contributed by atoms with E-state index in [2.05, 4.69) is 31.3 Å². The molecule has 1 aromatic carbocycles. The summed E-state index contributed by atoms with van der Waals surface area (Å²) < 4.78 is 5.08. The highest BCUT2D eigenvalue weighted by Crippen LogP contribution is 2.26. The summed E-state index contributed by atoms with van der Waals surface area (Å²) in [7, 11) is 1.74. The second-order valence-electron chi connectivity index (χ2n) is 5.57. The Morgan fingerprint density at radius 3 is 2.55 bits per heavy atom. The number of ether oxygens (including phenoxy) is 1. The van der Waals surface area contributed by atoms with Crippen molar-refractivity contribution in [3.63, 3.8) is 0 Å². The number of rotatable bonds is 10. The van der Waals surface area contributed by atoms with Crippen LogP contribution in [0.2, 0.25) is 5.02 Å². The smallest absolute Gasteiger partial charge is 0.0587 e. The normalized spacial score (nSPS) is 14.2. The molecular weight excluding hydrogens is 270 g/mol. The first-order valence-electron chi connectivity index (χ1n) is 7.62. The summed E-state index contributed by atoms with van der Waals surface area (Å²) in [5.74, 6) is 1.30. The van der Waals surface area contributed by atoms with Crippen LogP contribution in [0.1, 0.15) is 44.6 Å². The van der Waals surface area contributed by atoms with Gasteiger partial charge in [0.15, 0.2) is 0 Å². The van der Waals surface area contributed by atoms with E-state index in [4.69, 9.17) is 16.3 Å². The third-order valence-corrected chi connectivity index (χ3v) is 3.94. The molecule has 0 heterocycles. The monoisotopic (exact) mass is 297 g/mol. The van der Waals surface area contributed by atoms with Gasteiger partial charge < -0.3 is 10.1 Å². The Bertz CT molecular complexity index is 353. The first-order chi connectivity index (χ1) is 9.67. The molecule has 3 heteroatoms. The minimum atomic E-state index is 0.547. The standard InChI is InChI=1S/C17H28ClNO/c1-4-5-14(2)12-16(13-19-10-11-20-3)15-6-8-17(18)9-7-15/h6-9,14,16,19H,4-5,10-13H2,1-3H3. The molecule has 20 heavy (non-hydrogen) atoms. The van der Waals surface area contributed by atoms with Gasteiger partial charge in [-0.1, -0.05) is 50.4 Å². The van der Waals surface area contributed by atoms with E-state index in [-0.39, 0.29) is 0 Å². The quantitative estimate of drug-likeness (QED) is 0.643. The van der Waals surface area contributed by atoms with Crippen LogP contribution < -0.4 is 5.32 Å². The number of nitrogens with one attached hydrogen (secondary N) is 1. The molecule has 0 aliphatic heterocycles. The van der Waals surface area contributed by atoms with E-state index in [0.29, 0.717) is 5.92 Å². The third kappa shape index (κ3) is 6.74. The topological polar surface area (TPSA) is 21.3 Å². The maximum absolute atomic E-state index is 5.99. The summed E-state index contributed by atoms with van der Waals surface area (Å²) in [6, 6.07) is 8.29. The number of hydrogen-bond acceptors (Lipinski definition) is 2. The van der Waals surface area contributed by atoms with E-state index < -0.39 is 0 Å². The number of halogens is 1. The van der Waals surface area contributed by atoms with Gasteiger partial charge in [0.1, 0.15) is 0 Å². The van der Waals surface area contributed by atoms with Crippen molar-refractivity contribution in [1.82, 2.24) is 5.32 Å². The van der Waals surface area contributed by atoms with Crippen molar-refractivity contribution in [2.24, 2.45) is 5.92 Å². The predicted molar refractivity (Wildman–Crippen MR) is 87.6 cm³/mol. The zero-order chi connectivity index (χ0) is 14.8. The number of benzene rings is 1. The van der Waals surface area contributed by atoms with Crippen molar-refractivity contribution in [2.45, 2.75) is 39.0 Å². The van der Waals surface area contributed by atoms with Crippen molar-refractivity contribution in [3.8, 4) is 0 Å². The minimum absolute atomic E-state index is 0.547. The van der Waals surface area contributed by atoms with Crippen molar-refractivity contribution < 1.29 is 4.74 Å². The average Bonchev–Trinajstić information content (AvgIpc) is 2.43. The Hall–Kier alpha value is -0.570. The highest BCUT2D eigenvalue weighted by atomic mass is 35.5. The van der Waals surface area contributed by atoms with Gasteiger partial charge in [0.25, 0.3) is 0 Å². The summed E-state index contributed by atoms with van der Waals surface area (Å²) in [6.45, 7) is 7.27. The Labute approximate surface area is 128 Å². The second kappa shape index (κ2) is 10.2. The fraction of sp³-hybridized carbons (Fsp3) is 0.647. The number of methoxy groups -OCH3 is 1. The van der Waals surface area contributed by atoms with Gasteiger partial charge in [-0.15, -0.1) is 0 Å². The van der Waals surface area contributed by atoms with Gasteiger partial charge in [-0.3, -0.25) is 0 Å². The van der Waals surface area contributed by atoms with E-state index in [1.54, 1.807) is 7.11 Å². The molecule has 0 amide bonds. The van der Waals surface area contributed by atoms with E-state index in [1.165, 1.54) is 24.8 Å². The molecule has 0 saturated heterocycles. The molecule has 0 aromatic heterocycles. The fourth-order valence-electron chi connectivity index (χ4n) is 2.62. The Morgan fingerprint density at radius 1 is 1.25 bits per heavy atom. The zero-order valence-electron chi connectivity index (χ0n) is 13.0. The van der Waals surface area contributed by atoms with Gasteiger partial charge in [0.05, 0.1) is 6.61 Å². The van der Waals surface area contributed by atoms with Crippen LogP contribution >= 0.6 is 11.6 Å². The lowest BCUT2D eigenvalue weighted by atomic mass is 9.87. The minimum Gasteiger partial charge on any atom is -0.383 e. The molecule has 2 atom stereocenters. The molecule has 0 fully saturated rings. The molecule has 0 aliphatic rings. The van der Waals surface area contributed by atoms with Crippen LogP contribution in [-0.4, -0.2) is 26.8 Å². The Morgan fingerprint density at radius 2 is 1.95 bits per heavy atom. The van der Waals surface area contributed by atoms with Gasteiger partial charge >= 0.3 is 0 Å². The van der Waals surface area contributed by atoms with Crippen LogP contribution in [0.3, 0.4) is 0 Å². The molecule has 1 aromatic rings. The summed E-state index contributed by atoms with van der Waals surface area (Å²) >= 11 is 5.99. The molecule has 0 aliphatic carbocycles. The van der Waals surface area contributed by atoms with Crippen LogP contribution in [0.15, 0.2) is 24.3 Å². The van der Waals surface area contributed by atoms with Crippen molar-refractivity contribution in [2.75, 3.05) is 26.8 Å². The molecule has 0 saturated carbocycles. The van der Waals surface area contributed by atoms with E-state index in [9.17, 15) is 0 Å². The lowest BCUT2D eigenvalue weighted by Gasteiger charge is -2.22. The highest BCUT2D eigenvalue weighted by molar-refractivity contribution is 6.30. The largest absolute Gasteiger partial charge is 0.383 e. The molecule has 1 rings (SSSR count). The molecule has 2 nitrogen and oxygen atoms in total. The second-order valence-corrected chi connectivity index (χ2v) is 6.01. The van der Waals surface area contributed by atoms with Crippen molar-refractivity contribution >= 4 is 11.6 Å². The van der Waals surface area contributed by atoms with E-state index >= 15 is 0 Å². The van der Waals surface area contributed by atoms with E-state index in [1.807, 2.05) is 12.1 Å². The van der Waals surface area contributed by atoms with E-state index in [0.717, 1.165) is 30.6 Å². The van der Waals surface area contributed by atoms with Gasteiger partial charge in [0.2, 0.25) is 0 Å². The average molecular weight is 298 g/mol. The van der Waals surface area contributed by atoms with Gasteiger partial charge in [-0.05, 0) is 36.0 Å². The van der Waals surface area contributed by atoms with Crippen molar-refractivity contribution in [3.05, 3.63) is 34.9 Å². The SMILES string of the molecule is CCCC(C)CC(CNCCOC)c1ccc(Cl)cc1. The summed E-state index contributed by atoms with van der Waals surface area (Å²) in [6.07, 6.45) is 3.77. The zero-order valence-corrected chi connectivity index (χ0v) is 13.7. The predicted octanol–water partition coefficient (Wildman–Crippen LogP) is 4.49. The fourth-order valence-corrected chi connectivity index (χ4v) is 2.75. The lowest BCUT2D eigenvalue weighted by Crippen LogP contribution is -2.26. The van der Waals surface area contributed by atoms with Crippen molar-refractivity contribution in [1.29, 1.82) is 0 Å². The third-order valence-electron chi connectivity index (χ3n) is 3.68. The van der Waals surface area contributed by atoms with Crippen LogP contribution in [0, 0.1) is 5.92 Å². The van der Waals surface area contributed by atoms with Crippen LogP contribution in [-0.2, 0) is 4.74 Å². The van der Waals surface area contributed by atoms with Gasteiger partial charge in [-0.2, -0.15) is 0 Å². The van der Waals surface area contributed by atoms with Crippen LogP contribution in [0.25, 0.3) is 0 Å². The first-order valence-corrected chi connectivity index (χ1v) is 8.00. The Balaban J connectivity index is 2.60. The molecule has 1 N–H and O–H groups in total. The first kappa shape index (κ1) is 17.5. The molecule has 0 bridgehead atoms. The molecule has 0 spiro atoms. The molecule has 0 radical (unpaired) electrons. The number of hydrogen-bond donors (Lipinski definition) is 1. The summed E-state index contributed by atoms with van der Waals surface area (Å²) in [5.41, 5.74) is 1.38. The molecular formula is C17H28ClNO. The summed E-state index contributed by atoms with van der Waals surface area (Å²) in [5, 5.41) is 4.30. The van der Waals surface area contributed by atoms with Gasteiger partial charge in [0, 0.05) is 25.2 Å². The van der Waals surface area contributed by atoms with Crippen LogP contribution in [0.5, 0.6) is 0 Å². The molecule has 114 valence electrons. The maximum atomic E-state index is 5.99. The molecule has 2 unspecified atom stereocenters. The lowest BCUT2D eigenvalue weighted by molar-refractivity contribution is 0.198. The van der Waals surface area contributed by atoms with Crippen LogP contribution in [0.4, 0.5) is 0 Å². The maximum Gasteiger partial charge on any atom is 0.0587 e. The van der Waals surface area contributed by atoms with Gasteiger partial charge in [-0.25, -0.2) is 0 Å². The highest BCUT2D eigenvalue weighted by Gasteiger charge is 2.15. The Kier molecular flexibility index (Phi) is 8.92.